The van der Waals surface area contributed by atoms with Crippen LogP contribution >= 0.6 is 0 Å². The van der Waals surface area contributed by atoms with Gasteiger partial charge in [0.2, 0.25) is 17.7 Å². The second kappa shape index (κ2) is 9.90. The van der Waals surface area contributed by atoms with Crippen LogP contribution in [0.1, 0.15) is 57.6 Å². The highest BCUT2D eigenvalue weighted by Gasteiger charge is 2.75. The minimum absolute atomic E-state index is 0.0285. The topological polar surface area (TPSA) is 108 Å². The highest BCUT2D eigenvalue weighted by atomic mass is 16.5. The number of rotatable bonds is 9. The number of aliphatic hydroxyl groups excluding tert-OH is 1. The fourth-order valence-corrected chi connectivity index (χ4v) is 6.43. The third-order valence-corrected chi connectivity index (χ3v) is 8.41. The molecule has 1 spiro atoms. The molecule has 1 aromatic carbocycles. The highest BCUT2D eigenvalue weighted by molar-refractivity contribution is 6.04. The number of para-hydroxylation sites is 1. The zero-order valence-electron chi connectivity index (χ0n) is 21.5. The van der Waals surface area contributed by atoms with Crippen molar-refractivity contribution in [3.63, 3.8) is 0 Å². The first-order valence-corrected chi connectivity index (χ1v) is 13.0. The van der Waals surface area contributed by atoms with E-state index in [2.05, 4.69) is 10.6 Å². The van der Waals surface area contributed by atoms with Gasteiger partial charge < -0.3 is 25.4 Å². The summed E-state index contributed by atoms with van der Waals surface area (Å²) < 4.78 is 6.47. The third kappa shape index (κ3) is 4.04. The van der Waals surface area contributed by atoms with Gasteiger partial charge in [0.15, 0.2) is 0 Å². The van der Waals surface area contributed by atoms with Gasteiger partial charge in [-0.25, -0.2) is 0 Å². The van der Waals surface area contributed by atoms with Crippen molar-refractivity contribution in [3.8, 4) is 0 Å². The van der Waals surface area contributed by atoms with Gasteiger partial charge in [0.1, 0.15) is 11.6 Å². The molecule has 192 valence electrons. The van der Waals surface area contributed by atoms with E-state index < -0.39 is 29.5 Å². The molecule has 3 fully saturated rings. The van der Waals surface area contributed by atoms with Crippen molar-refractivity contribution in [2.45, 2.75) is 84.1 Å². The molecular formula is C27H39N3O5. The molecule has 7 atom stereocenters. The van der Waals surface area contributed by atoms with Crippen LogP contribution < -0.4 is 10.6 Å². The van der Waals surface area contributed by atoms with Gasteiger partial charge in [-0.3, -0.25) is 14.4 Å². The van der Waals surface area contributed by atoms with E-state index in [0.29, 0.717) is 19.4 Å². The summed E-state index contributed by atoms with van der Waals surface area (Å²) in [6.45, 7) is 10.1. The number of hydrogen-bond acceptors (Lipinski definition) is 5. The fraction of sp³-hybridized carbons (Fsp3) is 0.667. The van der Waals surface area contributed by atoms with Gasteiger partial charge in [-0.2, -0.15) is 0 Å². The van der Waals surface area contributed by atoms with Crippen LogP contribution in [0.15, 0.2) is 18.2 Å². The minimum Gasteiger partial charge on any atom is -0.394 e. The van der Waals surface area contributed by atoms with Crippen LogP contribution in [0.25, 0.3) is 0 Å². The van der Waals surface area contributed by atoms with Gasteiger partial charge >= 0.3 is 0 Å². The van der Waals surface area contributed by atoms with Gasteiger partial charge in [0.05, 0.1) is 30.6 Å². The van der Waals surface area contributed by atoms with Crippen LogP contribution in [-0.4, -0.2) is 64.7 Å². The van der Waals surface area contributed by atoms with Crippen molar-refractivity contribution in [1.82, 2.24) is 10.2 Å². The summed E-state index contributed by atoms with van der Waals surface area (Å²) in [5.74, 6) is -2.15. The number of nitrogens with one attached hydrogen (secondary N) is 2. The summed E-state index contributed by atoms with van der Waals surface area (Å²) in [6.07, 6.45) is 2.31. The zero-order chi connectivity index (χ0) is 25.5. The Morgan fingerprint density at radius 3 is 2.51 bits per heavy atom. The average Bonchev–Trinajstić information content (AvgIpc) is 3.48. The molecular weight excluding hydrogens is 446 g/mol. The van der Waals surface area contributed by atoms with Crippen molar-refractivity contribution >= 4 is 23.4 Å². The lowest BCUT2D eigenvalue weighted by Crippen LogP contribution is -2.57. The first kappa shape index (κ1) is 25.6. The summed E-state index contributed by atoms with van der Waals surface area (Å²) in [5.41, 5.74) is 1.51. The quantitative estimate of drug-likeness (QED) is 0.498. The Kier molecular flexibility index (Phi) is 7.25. The van der Waals surface area contributed by atoms with Crippen LogP contribution in [-0.2, 0) is 19.1 Å². The van der Waals surface area contributed by atoms with Gasteiger partial charge in [0, 0.05) is 12.2 Å². The van der Waals surface area contributed by atoms with Crippen molar-refractivity contribution in [1.29, 1.82) is 0 Å². The van der Waals surface area contributed by atoms with E-state index >= 15 is 0 Å². The Morgan fingerprint density at radius 2 is 1.91 bits per heavy atom. The zero-order valence-corrected chi connectivity index (χ0v) is 21.5. The maximum Gasteiger partial charge on any atom is 0.250 e. The van der Waals surface area contributed by atoms with Crippen LogP contribution in [0.5, 0.6) is 0 Å². The number of carbonyl (C=O) groups excluding carboxylic acids is 3. The van der Waals surface area contributed by atoms with Crippen molar-refractivity contribution in [2.75, 3.05) is 18.5 Å². The molecule has 35 heavy (non-hydrogen) atoms. The van der Waals surface area contributed by atoms with Crippen LogP contribution in [0.3, 0.4) is 0 Å². The molecule has 3 aliphatic heterocycles. The number of fused-ring (bicyclic) bond motifs is 1. The number of benzene rings is 1. The normalized spacial score (nSPS) is 30.8. The molecule has 8 heteroatoms. The summed E-state index contributed by atoms with van der Waals surface area (Å²) in [4.78, 5) is 42.8. The minimum atomic E-state index is -1.07. The molecule has 3 saturated heterocycles. The maximum absolute atomic E-state index is 14.1. The Bertz CT molecular complexity index is 977. The molecule has 8 nitrogen and oxygen atoms in total. The van der Waals surface area contributed by atoms with Gasteiger partial charge in [0.25, 0.3) is 0 Å². The van der Waals surface area contributed by atoms with E-state index in [0.717, 1.165) is 29.7 Å². The third-order valence-electron chi connectivity index (χ3n) is 8.41. The summed E-state index contributed by atoms with van der Waals surface area (Å²) >= 11 is 0. The van der Waals surface area contributed by atoms with Gasteiger partial charge in [-0.15, -0.1) is 0 Å². The number of carbonyl (C=O) groups is 3. The van der Waals surface area contributed by atoms with Gasteiger partial charge in [-0.05, 0) is 50.2 Å². The standard InChI is InChI=1S/C27H39N3O5/c1-6-13-28-24(32)20-19-11-12-27(35-19)21(20)26(34)30(18(14-31)15(3)7-2)23(27)25(33)29-22-16(4)9-8-10-17(22)5/h8-10,15,18-21,23,31H,6-7,11-14H2,1-5H3,(H,28,32)(H,29,33)/t15-,18-,19+,20-,21-,23?,27?/m0/s1. The van der Waals surface area contributed by atoms with E-state index in [1.165, 1.54) is 0 Å². The number of hydrogen-bond donors (Lipinski definition) is 3. The molecule has 3 amide bonds. The molecule has 0 aliphatic carbocycles. The number of anilines is 1. The lowest BCUT2D eigenvalue weighted by Gasteiger charge is -2.39. The van der Waals surface area contributed by atoms with Crippen molar-refractivity contribution in [2.24, 2.45) is 17.8 Å². The largest absolute Gasteiger partial charge is 0.394 e. The molecule has 2 unspecified atom stereocenters. The lowest BCUT2D eigenvalue weighted by molar-refractivity contribution is -0.145. The fourth-order valence-electron chi connectivity index (χ4n) is 6.43. The molecule has 0 saturated carbocycles. The number of aryl methyl sites for hydroxylation is 2. The SMILES string of the molecule is CCCNC(=O)[C@@H]1[C@H]2C(=O)N([C@@H](CO)[C@@H](C)CC)C(C(=O)Nc3c(C)cccc3C)C23CC[C@H]1O3. The molecule has 3 heterocycles. The number of nitrogens with zero attached hydrogens (tertiary/aromatic N) is 1. The molecule has 0 radical (unpaired) electrons. The average molecular weight is 486 g/mol. The smallest absolute Gasteiger partial charge is 0.250 e. The number of likely N-dealkylation sites (tertiary alicyclic amines) is 1. The molecule has 3 N–H and O–H groups in total. The van der Waals surface area contributed by atoms with E-state index in [-0.39, 0.29) is 36.4 Å². The van der Waals surface area contributed by atoms with E-state index in [1.807, 2.05) is 52.8 Å². The highest BCUT2D eigenvalue weighted by Crippen LogP contribution is 2.59. The first-order chi connectivity index (χ1) is 16.7. The second-order valence-electron chi connectivity index (χ2n) is 10.5. The van der Waals surface area contributed by atoms with Crippen molar-refractivity contribution in [3.05, 3.63) is 29.3 Å². The molecule has 1 aromatic rings. The summed E-state index contributed by atoms with van der Waals surface area (Å²) in [5, 5.41) is 16.4. The molecule has 2 bridgehead atoms. The van der Waals surface area contributed by atoms with Crippen LogP contribution in [0.2, 0.25) is 0 Å². The molecule has 3 aliphatic rings. The van der Waals surface area contributed by atoms with Crippen LogP contribution in [0.4, 0.5) is 5.69 Å². The Hall–Kier alpha value is -2.45. The van der Waals surface area contributed by atoms with Crippen LogP contribution in [0, 0.1) is 31.6 Å². The first-order valence-electron chi connectivity index (χ1n) is 13.0. The number of ether oxygens (including phenoxy) is 1. The number of aliphatic hydroxyl groups is 1. The van der Waals surface area contributed by atoms with E-state index in [4.69, 9.17) is 4.74 Å². The predicted molar refractivity (Wildman–Crippen MR) is 133 cm³/mol. The maximum atomic E-state index is 14.1. The Labute approximate surface area is 207 Å². The second-order valence-corrected chi connectivity index (χ2v) is 10.5. The Balaban J connectivity index is 1.77. The molecule has 0 aromatic heterocycles. The van der Waals surface area contributed by atoms with Gasteiger partial charge in [-0.1, -0.05) is 45.4 Å². The summed E-state index contributed by atoms with van der Waals surface area (Å²) in [6, 6.07) is 4.35. The predicted octanol–water partition coefficient (Wildman–Crippen LogP) is 2.55. The Morgan fingerprint density at radius 1 is 1.23 bits per heavy atom. The monoisotopic (exact) mass is 485 g/mol. The van der Waals surface area contributed by atoms with E-state index in [9.17, 15) is 19.5 Å². The lowest BCUT2D eigenvalue weighted by atomic mass is 9.70. The summed E-state index contributed by atoms with van der Waals surface area (Å²) in [7, 11) is 0. The van der Waals surface area contributed by atoms with E-state index in [1.54, 1.807) is 4.90 Å². The molecule has 4 rings (SSSR count). The van der Waals surface area contributed by atoms with Crippen molar-refractivity contribution < 1.29 is 24.2 Å². The number of amides is 3.